The molecule has 2 aromatic rings. The van der Waals surface area contributed by atoms with Gasteiger partial charge in [0.15, 0.2) is 0 Å². The lowest BCUT2D eigenvalue weighted by molar-refractivity contribution is 1.19. The quantitative estimate of drug-likeness (QED) is 0.841. The van der Waals surface area contributed by atoms with E-state index in [0.717, 1.165) is 22.1 Å². The van der Waals surface area contributed by atoms with Gasteiger partial charge in [0.2, 0.25) is 0 Å². The van der Waals surface area contributed by atoms with E-state index in [9.17, 15) is 0 Å². The minimum Gasteiger partial charge on any atom is -0.389 e. The fourth-order valence-electron chi connectivity index (χ4n) is 1.48. The van der Waals surface area contributed by atoms with Gasteiger partial charge in [-0.25, -0.2) is 0 Å². The standard InChI is InChI=1S/C12H11ClN2S2/c13-11-6-5-8(17-11)7-15-10-4-2-1-3-9(10)12(14)16/h1-6,15H,7H2,(H2,14,16). The number of rotatable bonds is 4. The number of thiophene rings is 1. The molecule has 0 aliphatic carbocycles. The van der Waals surface area contributed by atoms with Gasteiger partial charge in [-0.3, -0.25) is 0 Å². The molecule has 0 aliphatic rings. The maximum Gasteiger partial charge on any atom is 0.106 e. The first-order valence-electron chi connectivity index (χ1n) is 5.04. The SMILES string of the molecule is NC(=S)c1ccccc1NCc1ccc(Cl)s1. The molecule has 2 rings (SSSR count). The Balaban J connectivity index is 2.11. The van der Waals surface area contributed by atoms with Crippen molar-refractivity contribution < 1.29 is 0 Å². The Morgan fingerprint density at radius 3 is 2.71 bits per heavy atom. The van der Waals surface area contributed by atoms with Crippen molar-refractivity contribution in [2.75, 3.05) is 5.32 Å². The number of anilines is 1. The molecule has 0 fully saturated rings. The van der Waals surface area contributed by atoms with Crippen molar-refractivity contribution in [1.29, 1.82) is 0 Å². The van der Waals surface area contributed by atoms with Crippen LogP contribution in [0, 0.1) is 0 Å². The van der Waals surface area contributed by atoms with Crippen LogP contribution in [0.2, 0.25) is 4.34 Å². The van der Waals surface area contributed by atoms with Crippen LogP contribution in [-0.2, 0) is 6.54 Å². The molecule has 1 heterocycles. The summed E-state index contributed by atoms with van der Waals surface area (Å²) >= 11 is 12.4. The highest BCUT2D eigenvalue weighted by molar-refractivity contribution is 7.80. The highest BCUT2D eigenvalue weighted by Gasteiger charge is 2.04. The molecule has 0 radical (unpaired) electrons. The third-order valence-electron chi connectivity index (χ3n) is 2.27. The molecule has 5 heteroatoms. The number of hydrogen-bond donors (Lipinski definition) is 2. The van der Waals surface area contributed by atoms with Crippen LogP contribution >= 0.6 is 35.2 Å². The first kappa shape index (κ1) is 12.4. The van der Waals surface area contributed by atoms with E-state index in [1.54, 1.807) is 11.3 Å². The molecule has 1 aromatic carbocycles. The third kappa shape index (κ3) is 3.19. The summed E-state index contributed by atoms with van der Waals surface area (Å²) in [6.45, 7) is 0.719. The van der Waals surface area contributed by atoms with Crippen LogP contribution in [0.4, 0.5) is 5.69 Å². The number of nitrogens with one attached hydrogen (secondary N) is 1. The molecule has 0 amide bonds. The zero-order chi connectivity index (χ0) is 12.3. The molecule has 2 nitrogen and oxygen atoms in total. The van der Waals surface area contributed by atoms with E-state index in [2.05, 4.69) is 5.32 Å². The van der Waals surface area contributed by atoms with Gasteiger partial charge in [0.1, 0.15) is 4.99 Å². The van der Waals surface area contributed by atoms with Gasteiger partial charge in [-0.1, -0.05) is 36.0 Å². The van der Waals surface area contributed by atoms with Crippen molar-refractivity contribution in [2.45, 2.75) is 6.54 Å². The molecule has 0 spiro atoms. The minimum absolute atomic E-state index is 0.400. The van der Waals surface area contributed by atoms with Crippen LogP contribution in [-0.4, -0.2) is 4.99 Å². The van der Waals surface area contributed by atoms with Gasteiger partial charge in [-0.2, -0.15) is 0 Å². The van der Waals surface area contributed by atoms with E-state index in [4.69, 9.17) is 29.6 Å². The van der Waals surface area contributed by atoms with E-state index >= 15 is 0 Å². The number of halogens is 1. The Morgan fingerprint density at radius 2 is 2.06 bits per heavy atom. The Kier molecular flexibility index (Phi) is 3.99. The van der Waals surface area contributed by atoms with Crippen LogP contribution in [0.25, 0.3) is 0 Å². The normalized spacial score (nSPS) is 10.2. The zero-order valence-corrected chi connectivity index (χ0v) is 11.3. The summed E-state index contributed by atoms with van der Waals surface area (Å²) in [5.74, 6) is 0. The van der Waals surface area contributed by atoms with Crippen LogP contribution in [0.3, 0.4) is 0 Å². The predicted molar refractivity (Wildman–Crippen MR) is 79.0 cm³/mol. The van der Waals surface area contributed by atoms with Gasteiger partial charge in [0, 0.05) is 22.7 Å². The van der Waals surface area contributed by atoms with Crippen LogP contribution < -0.4 is 11.1 Å². The molecule has 0 unspecified atom stereocenters. The Labute approximate surface area is 114 Å². The largest absolute Gasteiger partial charge is 0.389 e. The van der Waals surface area contributed by atoms with Crippen molar-refractivity contribution in [3.8, 4) is 0 Å². The summed E-state index contributed by atoms with van der Waals surface area (Å²) in [4.78, 5) is 1.57. The fourth-order valence-corrected chi connectivity index (χ4v) is 2.69. The van der Waals surface area contributed by atoms with Gasteiger partial charge in [0.25, 0.3) is 0 Å². The predicted octanol–water partition coefficient (Wildman–Crippen LogP) is 3.65. The number of hydrogen-bond acceptors (Lipinski definition) is 3. The van der Waals surface area contributed by atoms with E-state index < -0.39 is 0 Å². The molecule has 0 saturated carbocycles. The van der Waals surface area contributed by atoms with E-state index in [-0.39, 0.29) is 0 Å². The minimum atomic E-state index is 0.400. The van der Waals surface area contributed by atoms with Gasteiger partial charge >= 0.3 is 0 Å². The summed E-state index contributed by atoms with van der Waals surface area (Å²) in [5, 5.41) is 3.31. The Hall–Kier alpha value is -1.10. The average molecular weight is 283 g/mol. The molecule has 0 saturated heterocycles. The second kappa shape index (κ2) is 5.49. The molecular formula is C12H11ClN2S2. The van der Waals surface area contributed by atoms with Crippen molar-refractivity contribution in [1.82, 2.24) is 0 Å². The number of para-hydroxylation sites is 1. The molecule has 1 aromatic heterocycles. The lowest BCUT2D eigenvalue weighted by atomic mass is 10.2. The second-order valence-corrected chi connectivity index (χ2v) is 5.71. The number of thiocarbonyl (C=S) groups is 1. The smallest absolute Gasteiger partial charge is 0.106 e. The van der Waals surface area contributed by atoms with Gasteiger partial charge in [-0.05, 0) is 24.3 Å². The summed E-state index contributed by atoms with van der Waals surface area (Å²) < 4.78 is 0.796. The molecular weight excluding hydrogens is 272 g/mol. The van der Waals surface area contributed by atoms with Crippen molar-refractivity contribution >= 4 is 45.8 Å². The maximum atomic E-state index is 5.87. The first-order valence-corrected chi connectivity index (χ1v) is 6.64. The molecule has 88 valence electrons. The third-order valence-corrected chi connectivity index (χ3v) is 3.73. The van der Waals surface area contributed by atoms with E-state index in [0.29, 0.717) is 4.99 Å². The highest BCUT2D eigenvalue weighted by Crippen LogP contribution is 2.23. The Bertz CT molecular complexity index is 537. The molecule has 0 atom stereocenters. The number of benzene rings is 1. The Morgan fingerprint density at radius 1 is 1.29 bits per heavy atom. The lowest BCUT2D eigenvalue weighted by Crippen LogP contribution is -2.12. The van der Waals surface area contributed by atoms with Gasteiger partial charge in [-0.15, -0.1) is 11.3 Å². The summed E-state index contributed by atoms with van der Waals surface area (Å²) in [6.07, 6.45) is 0. The second-order valence-electron chi connectivity index (χ2n) is 3.47. The van der Waals surface area contributed by atoms with Crippen molar-refractivity contribution in [3.05, 3.63) is 51.2 Å². The summed E-state index contributed by atoms with van der Waals surface area (Å²) in [7, 11) is 0. The highest BCUT2D eigenvalue weighted by atomic mass is 35.5. The summed E-state index contributed by atoms with van der Waals surface area (Å²) in [6, 6.07) is 11.6. The molecule has 17 heavy (non-hydrogen) atoms. The maximum absolute atomic E-state index is 5.87. The average Bonchev–Trinajstić information content (AvgIpc) is 2.73. The van der Waals surface area contributed by atoms with Crippen LogP contribution in [0.15, 0.2) is 36.4 Å². The molecule has 3 N–H and O–H groups in total. The topological polar surface area (TPSA) is 38.0 Å². The van der Waals surface area contributed by atoms with Crippen LogP contribution in [0.1, 0.15) is 10.4 Å². The monoisotopic (exact) mass is 282 g/mol. The van der Waals surface area contributed by atoms with Crippen LogP contribution in [0.5, 0.6) is 0 Å². The lowest BCUT2D eigenvalue weighted by Gasteiger charge is -2.09. The van der Waals surface area contributed by atoms with Crippen molar-refractivity contribution in [3.63, 3.8) is 0 Å². The first-order chi connectivity index (χ1) is 8.16. The van der Waals surface area contributed by atoms with E-state index in [1.165, 1.54) is 4.88 Å². The zero-order valence-electron chi connectivity index (χ0n) is 8.94. The van der Waals surface area contributed by atoms with Gasteiger partial charge in [0.05, 0.1) is 4.34 Å². The van der Waals surface area contributed by atoms with Gasteiger partial charge < -0.3 is 11.1 Å². The van der Waals surface area contributed by atoms with Crippen molar-refractivity contribution in [2.24, 2.45) is 5.73 Å². The fraction of sp³-hybridized carbons (Fsp3) is 0.0833. The molecule has 0 aliphatic heterocycles. The van der Waals surface area contributed by atoms with E-state index in [1.807, 2.05) is 36.4 Å². The summed E-state index contributed by atoms with van der Waals surface area (Å²) in [5.41, 5.74) is 7.48. The number of nitrogens with two attached hydrogens (primary N) is 1. The molecule has 0 bridgehead atoms.